The van der Waals surface area contributed by atoms with E-state index in [1.165, 1.54) is 0 Å². The molecule has 0 N–H and O–H groups in total. The van der Waals surface area contributed by atoms with E-state index in [0.717, 1.165) is 27.4 Å². The van der Waals surface area contributed by atoms with Gasteiger partial charge in [0.1, 0.15) is 0 Å². The summed E-state index contributed by atoms with van der Waals surface area (Å²) in [6.45, 7) is 3.76. The molecule has 1 heterocycles. The summed E-state index contributed by atoms with van der Waals surface area (Å²) in [6, 6.07) is 25.7. The molecule has 26 heavy (non-hydrogen) atoms. The van der Waals surface area contributed by atoms with Crippen molar-refractivity contribution in [3.63, 3.8) is 0 Å². The average Bonchev–Trinajstić information content (AvgIpc) is 2.97. The van der Waals surface area contributed by atoms with Crippen LogP contribution >= 0.6 is 0 Å². The fourth-order valence-corrected chi connectivity index (χ4v) is 3.55. The van der Waals surface area contributed by atoms with Gasteiger partial charge in [0, 0.05) is 10.8 Å². The van der Waals surface area contributed by atoms with Crippen molar-refractivity contribution < 1.29 is 9.53 Å². The van der Waals surface area contributed by atoms with E-state index in [2.05, 4.69) is 28.8 Å². The molecule has 0 aliphatic heterocycles. The van der Waals surface area contributed by atoms with E-state index in [1.807, 2.05) is 68.4 Å². The molecule has 3 aromatic carbocycles. The van der Waals surface area contributed by atoms with Crippen molar-refractivity contribution in [3.05, 3.63) is 84.4 Å². The van der Waals surface area contributed by atoms with Gasteiger partial charge < -0.3 is 9.30 Å². The predicted molar refractivity (Wildman–Crippen MR) is 105 cm³/mol. The molecule has 0 bridgehead atoms. The normalized spacial score (nSPS) is 12.6. The summed E-state index contributed by atoms with van der Waals surface area (Å²) in [5.74, 6) is -0.238. The number of nitrogens with zero attached hydrogens (tertiary/aromatic N) is 1. The molecule has 1 aromatic heterocycles. The van der Waals surface area contributed by atoms with Crippen molar-refractivity contribution in [3.8, 4) is 0 Å². The zero-order chi connectivity index (χ0) is 18.1. The Morgan fingerprint density at radius 2 is 1.27 bits per heavy atom. The second kappa shape index (κ2) is 6.68. The number of carbonyl (C=O) groups excluding carboxylic acids is 1. The van der Waals surface area contributed by atoms with Crippen LogP contribution in [0.2, 0.25) is 0 Å². The molecule has 0 aliphatic carbocycles. The summed E-state index contributed by atoms with van der Waals surface area (Å²) < 4.78 is 7.73. The fraction of sp³-hybridized carbons (Fsp3) is 0.174. The highest BCUT2D eigenvalue weighted by molar-refractivity contribution is 6.09. The number of carbonyl (C=O) groups is 1. The molecule has 4 rings (SSSR count). The third-order valence-electron chi connectivity index (χ3n) is 4.57. The smallest absolute Gasteiger partial charge is 0.334 e. The van der Waals surface area contributed by atoms with Crippen LogP contribution in [0.15, 0.2) is 78.9 Å². The molecule has 0 aliphatic rings. The molecule has 3 heteroatoms. The van der Waals surface area contributed by atoms with E-state index in [-0.39, 0.29) is 12.1 Å². The Balaban J connectivity index is 2.03. The quantitative estimate of drug-likeness (QED) is 0.469. The van der Waals surface area contributed by atoms with Crippen molar-refractivity contribution in [2.75, 3.05) is 0 Å². The molecular formula is C23H21NO2. The predicted octanol–water partition coefficient (Wildman–Crippen LogP) is 5.34. The number of ether oxygens (including phenoxy) is 1. The highest BCUT2D eigenvalue weighted by Crippen LogP contribution is 2.34. The zero-order valence-corrected chi connectivity index (χ0v) is 14.9. The van der Waals surface area contributed by atoms with Crippen LogP contribution in [0.4, 0.5) is 0 Å². The van der Waals surface area contributed by atoms with Crippen molar-refractivity contribution in [1.82, 2.24) is 4.57 Å². The second-order valence-corrected chi connectivity index (χ2v) is 6.70. The second-order valence-electron chi connectivity index (χ2n) is 6.70. The summed E-state index contributed by atoms with van der Waals surface area (Å²) in [5, 5.41) is 2.28. The topological polar surface area (TPSA) is 31.2 Å². The van der Waals surface area contributed by atoms with Gasteiger partial charge in [-0.3, -0.25) is 0 Å². The Kier molecular flexibility index (Phi) is 4.21. The average molecular weight is 343 g/mol. The summed E-state index contributed by atoms with van der Waals surface area (Å²) in [5.41, 5.74) is 2.98. The Bertz CT molecular complexity index is 1010. The zero-order valence-electron chi connectivity index (χ0n) is 14.9. The summed E-state index contributed by atoms with van der Waals surface area (Å²) in [7, 11) is 0. The van der Waals surface area contributed by atoms with E-state index in [0.29, 0.717) is 0 Å². The van der Waals surface area contributed by atoms with Crippen LogP contribution in [0.1, 0.15) is 25.5 Å². The van der Waals surface area contributed by atoms with E-state index in [1.54, 1.807) is 0 Å². The molecule has 130 valence electrons. The largest absolute Gasteiger partial charge is 0.461 e. The van der Waals surface area contributed by atoms with Crippen LogP contribution in [0.3, 0.4) is 0 Å². The number of fused-ring (bicyclic) bond motifs is 3. The minimum absolute atomic E-state index is 0.165. The van der Waals surface area contributed by atoms with Crippen LogP contribution in [0.5, 0.6) is 0 Å². The highest BCUT2D eigenvalue weighted by Gasteiger charge is 2.28. The maximum atomic E-state index is 13.1. The molecule has 0 spiro atoms. The van der Waals surface area contributed by atoms with Gasteiger partial charge in [0.2, 0.25) is 0 Å². The van der Waals surface area contributed by atoms with E-state index < -0.39 is 6.04 Å². The highest BCUT2D eigenvalue weighted by atomic mass is 16.5. The van der Waals surface area contributed by atoms with E-state index in [9.17, 15) is 4.79 Å². The standard InChI is InChI=1S/C23H21NO2/c1-16(2)26-23(25)22(17-10-4-3-5-11-17)24-20-14-8-6-12-18(20)19-13-7-9-15-21(19)24/h3-16,22H,1-2H3. The first kappa shape index (κ1) is 16.4. The van der Waals surface area contributed by atoms with Crippen LogP contribution < -0.4 is 0 Å². The lowest BCUT2D eigenvalue weighted by atomic mass is 10.1. The molecule has 0 saturated carbocycles. The number of hydrogen-bond acceptors (Lipinski definition) is 2. The van der Waals surface area contributed by atoms with Crippen LogP contribution in [0, 0.1) is 0 Å². The number of hydrogen-bond donors (Lipinski definition) is 0. The van der Waals surface area contributed by atoms with Crippen molar-refractivity contribution >= 4 is 27.8 Å². The molecule has 0 saturated heterocycles. The molecule has 0 amide bonds. The third kappa shape index (κ3) is 2.76. The lowest BCUT2D eigenvalue weighted by Crippen LogP contribution is -2.25. The van der Waals surface area contributed by atoms with Gasteiger partial charge in [-0.05, 0) is 31.5 Å². The number of benzene rings is 3. The van der Waals surface area contributed by atoms with E-state index >= 15 is 0 Å². The first-order valence-corrected chi connectivity index (χ1v) is 8.90. The maximum Gasteiger partial charge on any atom is 0.334 e. The first-order chi connectivity index (χ1) is 12.7. The van der Waals surface area contributed by atoms with Gasteiger partial charge in [-0.15, -0.1) is 0 Å². The minimum Gasteiger partial charge on any atom is -0.461 e. The van der Waals surface area contributed by atoms with Gasteiger partial charge in [0.15, 0.2) is 6.04 Å². The molecule has 0 radical (unpaired) electrons. The van der Waals surface area contributed by atoms with Gasteiger partial charge in [0.25, 0.3) is 0 Å². The molecule has 1 atom stereocenters. The third-order valence-corrected chi connectivity index (χ3v) is 4.57. The van der Waals surface area contributed by atoms with Crippen molar-refractivity contribution in [1.29, 1.82) is 0 Å². The summed E-state index contributed by atoms with van der Waals surface area (Å²) >= 11 is 0. The Hall–Kier alpha value is -3.07. The van der Waals surface area contributed by atoms with Gasteiger partial charge in [-0.25, -0.2) is 4.79 Å². The maximum absolute atomic E-state index is 13.1. The Morgan fingerprint density at radius 1 is 0.769 bits per heavy atom. The van der Waals surface area contributed by atoms with Gasteiger partial charge in [0.05, 0.1) is 17.1 Å². The lowest BCUT2D eigenvalue weighted by molar-refractivity contribution is -0.149. The molecule has 4 aromatic rings. The van der Waals surface area contributed by atoms with Crippen LogP contribution in [-0.4, -0.2) is 16.6 Å². The Labute approximate surface area is 152 Å². The molecule has 1 unspecified atom stereocenters. The van der Waals surface area contributed by atoms with Crippen LogP contribution in [0.25, 0.3) is 21.8 Å². The molecule has 3 nitrogen and oxygen atoms in total. The van der Waals surface area contributed by atoms with Gasteiger partial charge in [-0.1, -0.05) is 66.7 Å². The van der Waals surface area contributed by atoms with Gasteiger partial charge in [-0.2, -0.15) is 0 Å². The Morgan fingerprint density at radius 3 is 1.81 bits per heavy atom. The number of para-hydroxylation sites is 2. The number of esters is 1. The molecular weight excluding hydrogens is 322 g/mol. The fourth-order valence-electron chi connectivity index (χ4n) is 3.55. The van der Waals surface area contributed by atoms with Gasteiger partial charge >= 0.3 is 5.97 Å². The summed E-state index contributed by atoms with van der Waals surface area (Å²) in [4.78, 5) is 13.1. The molecule has 0 fully saturated rings. The summed E-state index contributed by atoms with van der Waals surface area (Å²) in [6.07, 6.45) is -0.165. The number of rotatable bonds is 4. The minimum atomic E-state index is -0.525. The SMILES string of the molecule is CC(C)OC(=O)C(c1ccccc1)n1c2ccccc2c2ccccc21. The first-order valence-electron chi connectivity index (χ1n) is 8.90. The number of aromatic nitrogens is 1. The van der Waals surface area contributed by atoms with Crippen molar-refractivity contribution in [2.24, 2.45) is 0 Å². The van der Waals surface area contributed by atoms with Crippen LogP contribution in [-0.2, 0) is 9.53 Å². The lowest BCUT2D eigenvalue weighted by Gasteiger charge is -2.22. The monoisotopic (exact) mass is 343 g/mol. The van der Waals surface area contributed by atoms with Crippen molar-refractivity contribution in [2.45, 2.75) is 26.0 Å². The van der Waals surface area contributed by atoms with E-state index in [4.69, 9.17) is 4.74 Å².